The minimum absolute atomic E-state index is 0.0605. The summed E-state index contributed by atoms with van der Waals surface area (Å²) in [6.45, 7) is 2.87. The van der Waals surface area contributed by atoms with Gasteiger partial charge in [0.15, 0.2) is 5.82 Å². The third-order valence-electron chi connectivity index (χ3n) is 4.23. The first-order chi connectivity index (χ1) is 11.1. The topological polar surface area (TPSA) is 71.2 Å². The van der Waals surface area contributed by atoms with Gasteiger partial charge in [-0.15, -0.1) is 15.0 Å². The highest BCUT2D eigenvalue weighted by atomic mass is 19.1. The number of rotatable bonds is 4. The van der Waals surface area contributed by atoms with Gasteiger partial charge < -0.3 is 10.0 Å². The number of aromatic carboxylic acids is 1. The molecule has 2 aromatic rings. The lowest BCUT2D eigenvalue weighted by Gasteiger charge is -2.35. The highest BCUT2D eigenvalue weighted by molar-refractivity contribution is 5.91. The second kappa shape index (κ2) is 6.36. The lowest BCUT2D eigenvalue weighted by atomic mass is 10.00. The molecule has 0 radical (unpaired) electrons. The number of aromatic nitrogens is 3. The molecule has 1 aromatic carbocycles. The van der Waals surface area contributed by atoms with Crippen LogP contribution in [-0.4, -0.2) is 38.7 Å². The normalized spacial score (nSPS) is 18.2. The molecule has 0 bridgehead atoms. The molecule has 1 atom stereocenters. The lowest BCUT2D eigenvalue weighted by Crippen LogP contribution is -2.40. The van der Waals surface area contributed by atoms with Crippen molar-refractivity contribution in [1.29, 1.82) is 0 Å². The maximum absolute atomic E-state index is 13.1. The molecule has 0 spiro atoms. The Morgan fingerprint density at radius 3 is 2.70 bits per heavy atom. The van der Waals surface area contributed by atoms with Gasteiger partial charge in [0.2, 0.25) is 5.69 Å². The summed E-state index contributed by atoms with van der Waals surface area (Å²) >= 11 is 0. The molecule has 2 heterocycles. The van der Waals surface area contributed by atoms with E-state index in [1.54, 1.807) is 0 Å². The molecule has 1 fully saturated rings. The van der Waals surface area contributed by atoms with Crippen LogP contribution in [0.4, 0.5) is 10.2 Å². The van der Waals surface area contributed by atoms with E-state index in [9.17, 15) is 14.3 Å². The maximum Gasteiger partial charge on any atom is 0.360 e. The number of hydrogen-bond donors (Lipinski definition) is 1. The number of carbonyl (C=O) groups is 1. The summed E-state index contributed by atoms with van der Waals surface area (Å²) in [5.74, 6) is -1.07. The summed E-state index contributed by atoms with van der Waals surface area (Å²) in [7, 11) is 0. The van der Waals surface area contributed by atoms with E-state index in [0.29, 0.717) is 11.5 Å². The minimum Gasteiger partial charge on any atom is -0.476 e. The van der Waals surface area contributed by atoms with Crippen molar-refractivity contribution in [3.8, 4) is 5.69 Å². The van der Waals surface area contributed by atoms with E-state index in [4.69, 9.17) is 0 Å². The molecule has 0 saturated carbocycles. The highest BCUT2D eigenvalue weighted by Gasteiger charge is 2.29. The van der Waals surface area contributed by atoms with Crippen molar-refractivity contribution >= 4 is 11.8 Å². The van der Waals surface area contributed by atoms with Gasteiger partial charge in [-0.25, -0.2) is 9.18 Å². The standard InChI is InChI=1S/C16H19FN4O2/c1-2-12-5-3-4-10-20(12)15-14(16(22)23)18-21(19-15)13-8-6-11(17)7-9-13/h6-9,12H,2-5,10H2,1H3,(H,22,23). The van der Waals surface area contributed by atoms with Crippen molar-refractivity contribution in [2.75, 3.05) is 11.4 Å². The van der Waals surface area contributed by atoms with Crippen LogP contribution in [-0.2, 0) is 0 Å². The van der Waals surface area contributed by atoms with Gasteiger partial charge >= 0.3 is 5.97 Å². The molecule has 1 unspecified atom stereocenters. The van der Waals surface area contributed by atoms with Gasteiger partial charge in [0.25, 0.3) is 0 Å². The fourth-order valence-electron chi connectivity index (χ4n) is 3.02. The van der Waals surface area contributed by atoms with Crippen LogP contribution in [0.3, 0.4) is 0 Å². The van der Waals surface area contributed by atoms with Gasteiger partial charge in [-0.1, -0.05) is 6.92 Å². The maximum atomic E-state index is 13.1. The molecule has 7 heteroatoms. The molecule has 1 saturated heterocycles. The molecule has 0 aliphatic carbocycles. The molecular formula is C16H19FN4O2. The third-order valence-corrected chi connectivity index (χ3v) is 4.23. The van der Waals surface area contributed by atoms with Crippen LogP contribution in [0.25, 0.3) is 5.69 Å². The van der Waals surface area contributed by atoms with E-state index < -0.39 is 5.97 Å². The number of piperidine rings is 1. The fourth-order valence-corrected chi connectivity index (χ4v) is 3.02. The van der Waals surface area contributed by atoms with E-state index in [2.05, 4.69) is 17.1 Å². The third kappa shape index (κ3) is 3.04. The van der Waals surface area contributed by atoms with Crippen LogP contribution >= 0.6 is 0 Å². The van der Waals surface area contributed by atoms with Crippen LogP contribution in [0.1, 0.15) is 43.1 Å². The number of halogens is 1. The van der Waals surface area contributed by atoms with Crippen molar-refractivity contribution < 1.29 is 14.3 Å². The number of anilines is 1. The lowest BCUT2D eigenvalue weighted by molar-refractivity contribution is 0.0690. The Kier molecular flexibility index (Phi) is 4.27. The second-order valence-corrected chi connectivity index (χ2v) is 5.69. The SMILES string of the molecule is CCC1CCCCN1c1nn(-c2ccc(F)cc2)nc1C(=O)O. The van der Waals surface area contributed by atoms with E-state index in [-0.39, 0.29) is 17.6 Å². The predicted octanol–water partition coefficient (Wildman–Crippen LogP) is 2.87. The Hall–Kier alpha value is -2.44. The fraction of sp³-hybridized carbons (Fsp3) is 0.438. The Morgan fingerprint density at radius 1 is 1.30 bits per heavy atom. The van der Waals surface area contributed by atoms with Gasteiger partial charge in [-0.3, -0.25) is 0 Å². The number of benzene rings is 1. The van der Waals surface area contributed by atoms with Crippen molar-refractivity contribution in [2.24, 2.45) is 0 Å². The first-order valence-electron chi connectivity index (χ1n) is 7.83. The summed E-state index contributed by atoms with van der Waals surface area (Å²) in [4.78, 5) is 14.9. The molecule has 1 aromatic heterocycles. The average Bonchev–Trinajstić information content (AvgIpc) is 3.01. The minimum atomic E-state index is -1.10. The first-order valence-corrected chi connectivity index (χ1v) is 7.83. The van der Waals surface area contributed by atoms with E-state index >= 15 is 0 Å². The predicted molar refractivity (Wildman–Crippen MR) is 83.6 cm³/mol. The number of carboxylic acids is 1. The van der Waals surface area contributed by atoms with Crippen molar-refractivity contribution in [1.82, 2.24) is 15.0 Å². The average molecular weight is 318 g/mol. The zero-order valence-corrected chi connectivity index (χ0v) is 12.9. The Labute approximate surface area is 133 Å². The Morgan fingerprint density at radius 2 is 2.04 bits per heavy atom. The van der Waals surface area contributed by atoms with Gasteiger partial charge in [-0.2, -0.15) is 0 Å². The number of hydrogen-bond acceptors (Lipinski definition) is 4. The Balaban J connectivity index is 2.02. The van der Waals surface area contributed by atoms with Gasteiger partial charge in [0.05, 0.1) is 5.69 Å². The summed E-state index contributed by atoms with van der Waals surface area (Å²) in [6, 6.07) is 5.93. The number of nitrogens with zero attached hydrogens (tertiary/aromatic N) is 4. The smallest absolute Gasteiger partial charge is 0.360 e. The quantitative estimate of drug-likeness (QED) is 0.938. The van der Waals surface area contributed by atoms with Gasteiger partial charge in [-0.05, 0) is 49.9 Å². The van der Waals surface area contributed by atoms with E-state index in [0.717, 1.165) is 32.2 Å². The van der Waals surface area contributed by atoms with E-state index in [1.165, 1.54) is 29.1 Å². The zero-order valence-electron chi connectivity index (χ0n) is 12.9. The summed E-state index contributed by atoms with van der Waals surface area (Å²) < 4.78 is 13.1. The molecular weight excluding hydrogens is 299 g/mol. The molecule has 122 valence electrons. The molecule has 1 N–H and O–H groups in total. The molecule has 23 heavy (non-hydrogen) atoms. The molecule has 0 amide bonds. The van der Waals surface area contributed by atoms with Crippen LogP contribution in [0.5, 0.6) is 0 Å². The molecule has 6 nitrogen and oxygen atoms in total. The summed E-state index contributed by atoms with van der Waals surface area (Å²) in [6.07, 6.45) is 4.11. The first kappa shape index (κ1) is 15.5. The van der Waals surface area contributed by atoms with Gasteiger partial charge in [0, 0.05) is 12.6 Å². The Bertz CT molecular complexity index is 699. The van der Waals surface area contributed by atoms with Crippen LogP contribution in [0, 0.1) is 5.82 Å². The van der Waals surface area contributed by atoms with Gasteiger partial charge in [0.1, 0.15) is 5.82 Å². The molecule has 1 aliphatic heterocycles. The molecule has 1 aliphatic rings. The van der Waals surface area contributed by atoms with Crippen molar-refractivity contribution in [3.05, 3.63) is 35.8 Å². The zero-order chi connectivity index (χ0) is 16.4. The largest absolute Gasteiger partial charge is 0.476 e. The van der Waals surface area contributed by atoms with E-state index in [1.807, 2.05) is 4.90 Å². The van der Waals surface area contributed by atoms with Crippen LogP contribution in [0.15, 0.2) is 24.3 Å². The van der Waals surface area contributed by atoms with Crippen molar-refractivity contribution in [2.45, 2.75) is 38.6 Å². The summed E-state index contributed by atoms with van der Waals surface area (Å²) in [5.41, 5.74) is 0.472. The molecule has 3 rings (SSSR count). The second-order valence-electron chi connectivity index (χ2n) is 5.69. The summed E-state index contributed by atoms with van der Waals surface area (Å²) in [5, 5.41) is 17.9. The van der Waals surface area contributed by atoms with Crippen LogP contribution < -0.4 is 4.90 Å². The number of carboxylic acid groups (broad SMARTS) is 1. The van der Waals surface area contributed by atoms with Crippen molar-refractivity contribution in [3.63, 3.8) is 0 Å². The highest BCUT2D eigenvalue weighted by Crippen LogP contribution is 2.27. The monoisotopic (exact) mass is 318 g/mol. The van der Waals surface area contributed by atoms with Crippen LogP contribution in [0.2, 0.25) is 0 Å².